The molecule has 4 nitrogen and oxygen atoms in total. The van der Waals surface area contributed by atoms with Crippen LogP contribution in [0.1, 0.15) is 43.7 Å². The lowest BCUT2D eigenvalue weighted by Crippen LogP contribution is -2.50. The normalized spacial score (nSPS) is 15.1. The fourth-order valence-electron chi connectivity index (χ4n) is 3.72. The first-order chi connectivity index (χ1) is 14.3. The molecule has 0 saturated heterocycles. The number of nitrogens with one attached hydrogen (secondary N) is 1. The number of halogens is 3. The second kappa shape index (κ2) is 10.3. The molecule has 1 aliphatic carbocycles. The molecule has 1 atom stereocenters. The van der Waals surface area contributed by atoms with Crippen molar-refractivity contribution in [1.82, 2.24) is 10.2 Å². The summed E-state index contributed by atoms with van der Waals surface area (Å²) in [4.78, 5) is 27.5. The maximum absolute atomic E-state index is 14.2. The van der Waals surface area contributed by atoms with E-state index in [4.69, 9.17) is 23.2 Å². The summed E-state index contributed by atoms with van der Waals surface area (Å²) in [6.45, 7) is 1.91. The molecule has 0 heterocycles. The molecule has 7 heteroatoms. The van der Waals surface area contributed by atoms with Crippen molar-refractivity contribution < 1.29 is 14.0 Å². The maximum Gasteiger partial charge on any atom is 0.242 e. The van der Waals surface area contributed by atoms with Gasteiger partial charge in [-0.05, 0) is 49.6 Å². The second-order valence-electron chi connectivity index (χ2n) is 7.69. The van der Waals surface area contributed by atoms with Gasteiger partial charge in [0.2, 0.25) is 11.8 Å². The summed E-state index contributed by atoms with van der Waals surface area (Å²) in [5.41, 5.74) is 0.960. The molecule has 2 aromatic rings. The van der Waals surface area contributed by atoms with Crippen molar-refractivity contribution in [1.29, 1.82) is 0 Å². The average molecular weight is 451 g/mol. The lowest BCUT2D eigenvalue weighted by Gasteiger charge is -2.30. The molecule has 0 spiro atoms. The van der Waals surface area contributed by atoms with E-state index in [-0.39, 0.29) is 41.4 Å². The molecule has 1 fully saturated rings. The van der Waals surface area contributed by atoms with Crippen LogP contribution in [0.15, 0.2) is 42.5 Å². The van der Waals surface area contributed by atoms with Gasteiger partial charge in [0.05, 0.1) is 6.42 Å². The van der Waals surface area contributed by atoms with E-state index in [1.165, 1.54) is 17.0 Å². The first kappa shape index (κ1) is 22.6. The van der Waals surface area contributed by atoms with Gasteiger partial charge in [-0.3, -0.25) is 9.59 Å². The molecular weight excluding hydrogens is 426 g/mol. The summed E-state index contributed by atoms with van der Waals surface area (Å²) in [6.07, 6.45) is 3.88. The summed E-state index contributed by atoms with van der Waals surface area (Å²) < 4.78 is 14.2. The zero-order chi connectivity index (χ0) is 21.7. The highest BCUT2D eigenvalue weighted by Crippen LogP contribution is 2.22. The predicted molar refractivity (Wildman–Crippen MR) is 117 cm³/mol. The van der Waals surface area contributed by atoms with Crippen LogP contribution < -0.4 is 5.32 Å². The number of hydrogen-bond donors (Lipinski definition) is 1. The van der Waals surface area contributed by atoms with Crippen LogP contribution in [-0.2, 0) is 22.6 Å². The van der Waals surface area contributed by atoms with E-state index in [2.05, 4.69) is 5.32 Å². The molecule has 2 amide bonds. The molecular formula is C23H25Cl2FN2O2. The lowest BCUT2D eigenvalue weighted by atomic mass is 10.1. The van der Waals surface area contributed by atoms with E-state index in [0.717, 1.165) is 31.2 Å². The van der Waals surface area contributed by atoms with Crippen molar-refractivity contribution in [2.24, 2.45) is 0 Å². The summed E-state index contributed by atoms with van der Waals surface area (Å²) >= 11 is 12.1. The summed E-state index contributed by atoms with van der Waals surface area (Å²) in [6, 6.07) is 10.8. The number of carbonyl (C=O) groups excluding carboxylic acids is 2. The van der Waals surface area contributed by atoms with Crippen molar-refractivity contribution in [3.8, 4) is 0 Å². The Morgan fingerprint density at radius 1 is 1.13 bits per heavy atom. The molecule has 1 aliphatic rings. The van der Waals surface area contributed by atoms with Crippen molar-refractivity contribution in [2.45, 2.75) is 57.7 Å². The third-order valence-corrected chi connectivity index (χ3v) is 6.13. The van der Waals surface area contributed by atoms with E-state index in [1.54, 1.807) is 37.3 Å². The molecule has 0 bridgehead atoms. The molecule has 0 aromatic heterocycles. The Kier molecular flexibility index (Phi) is 7.73. The molecule has 1 N–H and O–H groups in total. The fourth-order valence-corrected chi connectivity index (χ4v) is 4.07. The number of nitrogens with zero attached hydrogens (tertiary/aromatic N) is 1. The molecule has 2 aromatic carbocycles. The van der Waals surface area contributed by atoms with Crippen molar-refractivity contribution in [3.05, 3.63) is 69.5 Å². The first-order valence-corrected chi connectivity index (χ1v) is 10.9. The first-order valence-electron chi connectivity index (χ1n) is 10.1. The van der Waals surface area contributed by atoms with Gasteiger partial charge in [0.1, 0.15) is 11.9 Å². The lowest BCUT2D eigenvalue weighted by molar-refractivity contribution is -0.140. The third-order valence-electron chi connectivity index (χ3n) is 5.52. The Morgan fingerprint density at radius 2 is 1.80 bits per heavy atom. The highest BCUT2D eigenvalue weighted by molar-refractivity contribution is 6.31. The molecule has 0 radical (unpaired) electrons. The fraction of sp³-hybridized carbons (Fsp3) is 0.391. The molecule has 0 aliphatic heterocycles. The largest absolute Gasteiger partial charge is 0.352 e. The van der Waals surface area contributed by atoms with Crippen LogP contribution in [0, 0.1) is 5.82 Å². The minimum absolute atomic E-state index is 0.133. The molecule has 0 unspecified atom stereocenters. The number of benzene rings is 2. The highest BCUT2D eigenvalue weighted by atomic mass is 35.5. The van der Waals surface area contributed by atoms with Gasteiger partial charge in [-0.15, -0.1) is 0 Å². The summed E-state index contributed by atoms with van der Waals surface area (Å²) in [5, 5.41) is 3.82. The van der Waals surface area contributed by atoms with E-state index in [0.29, 0.717) is 5.02 Å². The zero-order valence-corrected chi connectivity index (χ0v) is 18.3. The van der Waals surface area contributed by atoms with Crippen LogP contribution >= 0.6 is 23.2 Å². The number of carbonyl (C=O) groups is 2. The quantitative estimate of drug-likeness (QED) is 0.633. The van der Waals surface area contributed by atoms with Gasteiger partial charge >= 0.3 is 0 Å². The smallest absolute Gasteiger partial charge is 0.242 e. The van der Waals surface area contributed by atoms with Crippen molar-refractivity contribution in [2.75, 3.05) is 0 Å². The molecule has 160 valence electrons. The minimum Gasteiger partial charge on any atom is -0.352 e. The van der Waals surface area contributed by atoms with Crippen LogP contribution in [0.3, 0.4) is 0 Å². The van der Waals surface area contributed by atoms with Gasteiger partial charge in [-0.25, -0.2) is 4.39 Å². The van der Waals surface area contributed by atoms with Gasteiger partial charge < -0.3 is 10.2 Å². The van der Waals surface area contributed by atoms with Gasteiger partial charge in [0, 0.05) is 28.2 Å². The monoisotopic (exact) mass is 450 g/mol. The molecule has 1 saturated carbocycles. The van der Waals surface area contributed by atoms with Gasteiger partial charge in [-0.2, -0.15) is 0 Å². The topological polar surface area (TPSA) is 49.4 Å². The van der Waals surface area contributed by atoms with Crippen LogP contribution in [-0.4, -0.2) is 28.8 Å². The maximum atomic E-state index is 14.2. The molecule has 3 rings (SSSR count). The minimum atomic E-state index is -0.709. The SMILES string of the molecule is C[C@@H](C(=O)NC1CCCC1)N(Cc1ccc(Cl)cc1)C(=O)Cc1c(F)cccc1Cl. The van der Waals surface area contributed by atoms with E-state index in [9.17, 15) is 14.0 Å². The summed E-state index contributed by atoms with van der Waals surface area (Å²) in [7, 11) is 0. The van der Waals surface area contributed by atoms with E-state index >= 15 is 0 Å². The van der Waals surface area contributed by atoms with E-state index < -0.39 is 11.9 Å². The van der Waals surface area contributed by atoms with Crippen LogP contribution in [0.25, 0.3) is 0 Å². The Hall–Kier alpha value is -2.11. The predicted octanol–water partition coefficient (Wildman–Crippen LogP) is 5.15. The Balaban J connectivity index is 1.80. The van der Waals surface area contributed by atoms with Crippen LogP contribution in [0.4, 0.5) is 4.39 Å². The standard InChI is InChI=1S/C23H25Cl2FN2O2/c1-15(23(30)27-18-5-2-3-6-18)28(14-16-9-11-17(24)12-10-16)22(29)13-19-20(25)7-4-8-21(19)26/h4,7-12,15,18H,2-3,5-6,13-14H2,1H3,(H,27,30)/t15-/m0/s1. The highest BCUT2D eigenvalue weighted by Gasteiger charge is 2.29. The van der Waals surface area contributed by atoms with Crippen molar-refractivity contribution >= 4 is 35.0 Å². The van der Waals surface area contributed by atoms with Crippen molar-refractivity contribution in [3.63, 3.8) is 0 Å². The third kappa shape index (κ3) is 5.73. The van der Waals surface area contributed by atoms with Crippen LogP contribution in [0.2, 0.25) is 10.0 Å². The van der Waals surface area contributed by atoms with Gasteiger partial charge in [0.15, 0.2) is 0 Å². The average Bonchev–Trinajstić information content (AvgIpc) is 3.22. The summed E-state index contributed by atoms with van der Waals surface area (Å²) in [5.74, 6) is -1.11. The Labute approximate surface area is 186 Å². The number of amides is 2. The number of hydrogen-bond acceptors (Lipinski definition) is 2. The molecule has 30 heavy (non-hydrogen) atoms. The van der Waals surface area contributed by atoms with Gasteiger partial charge in [-0.1, -0.05) is 54.2 Å². The number of rotatable bonds is 7. The Bertz CT molecular complexity index is 878. The van der Waals surface area contributed by atoms with E-state index in [1.807, 2.05) is 0 Å². The second-order valence-corrected chi connectivity index (χ2v) is 8.53. The Morgan fingerprint density at radius 3 is 2.43 bits per heavy atom. The van der Waals surface area contributed by atoms with Gasteiger partial charge in [0.25, 0.3) is 0 Å². The van der Waals surface area contributed by atoms with Crippen LogP contribution in [0.5, 0.6) is 0 Å². The zero-order valence-electron chi connectivity index (χ0n) is 16.8.